The van der Waals surface area contributed by atoms with Crippen molar-refractivity contribution in [1.82, 2.24) is 5.32 Å². The molecule has 0 unspecified atom stereocenters. The SMILES string of the molecule is CCCCCCc1ccc(C(=O)Nc2ccc(N3CCc4ccccc4C3)c(C(=O)NCCc3ccccc3)c2)cc1. The standard InChI is InChI=1S/C37H41N3O2/c1-2-3-4-6-13-29-16-18-31(19-17-29)36(41)39-33-20-21-35(40-25-23-30-14-9-10-15-32(30)27-40)34(26-33)37(42)38-24-22-28-11-7-5-8-12-28/h5,7-12,14-21,26H,2-4,6,13,22-25,27H2,1H3,(H,38,42)(H,39,41). The third kappa shape index (κ3) is 7.67. The summed E-state index contributed by atoms with van der Waals surface area (Å²) in [5.41, 5.74) is 7.75. The number of carbonyl (C=O) groups is 2. The molecular formula is C37H41N3O2. The zero-order valence-corrected chi connectivity index (χ0v) is 24.6. The third-order valence-electron chi connectivity index (χ3n) is 8.05. The van der Waals surface area contributed by atoms with Crippen molar-refractivity contribution in [2.45, 2.75) is 58.4 Å². The molecule has 4 aromatic rings. The first-order chi connectivity index (χ1) is 20.6. The van der Waals surface area contributed by atoms with Crippen LogP contribution in [0, 0.1) is 0 Å². The molecule has 5 nitrogen and oxygen atoms in total. The number of nitrogens with zero attached hydrogens (tertiary/aromatic N) is 1. The highest BCUT2D eigenvalue weighted by molar-refractivity contribution is 6.06. The number of anilines is 2. The van der Waals surface area contributed by atoms with Crippen LogP contribution in [0.1, 0.15) is 75.6 Å². The highest BCUT2D eigenvalue weighted by Gasteiger charge is 2.22. The maximum absolute atomic E-state index is 13.6. The topological polar surface area (TPSA) is 61.4 Å². The second kappa shape index (κ2) is 14.5. The van der Waals surface area contributed by atoms with Crippen molar-refractivity contribution in [1.29, 1.82) is 0 Å². The van der Waals surface area contributed by atoms with Gasteiger partial charge >= 0.3 is 0 Å². The van der Waals surface area contributed by atoms with E-state index in [-0.39, 0.29) is 11.8 Å². The number of fused-ring (bicyclic) bond motifs is 1. The van der Waals surface area contributed by atoms with Crippen molar-refractivity contribution >= 4 is 23.2 Å². The monoisotopic (exact) mass is 559 g/mol. The van der Waals surface area contributed by atoms with Crippen LogP contribution in [0.5, 0.6) is 0 Å². The number of benzene rings is 4. The lowest BCUT2D eigenvalue weighted by Gasteiger charge is -2.32. The molecule has 2 N–H and O–H groups in total. The Hall–Kier alpha value is -4.38. The second-order valence-electron chi connectivity index (χ2n) is 11.1. The normalized spacial score (nSPS) is 12.5. The number of hydrogen-bond donors (Lipinski definition) is 2. The van der Waals surface area contributed by atoms with E-state index in [2.05, 4.69) is 58.9 Å². The highest BCUT2D eigenvalue weighted by Crippen LogP contribution is 2.30. The lowest BCUT2D eigenvalue weighted by Crippen LogP contribution is -2.33. The van der Waals surface area contributed by atoms with Gasteiger partial charge in [0.2, 0.25) is 0 Å². The number of aryl methyl sites for hydroxylation is 1. The summed E-state index contributed by atoms with van der Waals surface area (Å²) in [6.45, 7) is 4.33. The molecule has 5 rings (SSSR count). The van der Waals surface area contributed by atoms with Gasteiger partial charge < -0.3 is 15.5 Å². The summed E-state index contributed by atoms with van der Waals surface area (Å²) in [4.78, 5) is 29.0. The molecule has 0 radical (unpaired) electrons. The van der Waals surface area contributed by atoms with Crippen LogP contribution < -0.4 is 15.5 Å². The number of hydrogen-bond acceptors (Lipinski definition) is 3. The van der Waals surface area contributed by atoms with E-state index in [4.69, 9.17) is 0 Å². The first kappa shape index (κ1) is 29.1. The van der Waals surface area contributed by atoms with Gasteiger partial charge in [-0.05, 0) is 78.3 Å². The van der Waals surface area contributed by atoms with Gasteiger partial charge in [-0.2, -0.15) is 0 Å². The summed E-state index contributed by atoms with van der Waals surface area (Å²) in [6.07, 6.45) is 7.61. The van der Waals surface area contributed by atoms with Gasteiger partial charge in [-0.25, -0.2) is 0 Å². The molecule has 42 heavy (non-hydrogen) atoms. The minimum atomic E-state index is -0.178. The Bertz CT molecular complexity index is 1480. The largest absolute Gasteiger partial charge is 0.366 e. The molecule has 0 bridgehead atoms. The Morgan fingerprint density at radius 1 is 0.738 bits per heavy atom. The molecule has 0 aromatic heterocycles. The van der Waals surface area contributed by atoms with Crippen molar-refractivity contribution < 1.29 is 9.59 Å². The van der Waals surface area contributed by atoms with Crippen LogP contribution in [-0.2, 0) is 25.8 Å². The summed E-state index contributed by atoms with van der Waals surface area (Å²) in [5.74, 6) is -0.314. The van der Waals surface area contributed by atoms with Crippen molar-refractivity contribution in [3.8, 4) is 0 Å². The zero-order valence-electron chi connectivity index (χ0n) is 24.6. The van der Waals surface area contributed by atoms with E-state index >= 15 is 0 Å². The molecule has 1 heterocycles. The molecule has 4 aromatic carbocycles. The maximum atomic E-state index is 13.6. The summed E-state index contributed by atoms with van der Waals surface area (Å²) in [5, 5.41) is 6.13. The second-order valence-corrected chi connectivity index (χ2v) is 11.1. The molecule has 216 valence electrons. The average molecular weight is 560 g/mol. The van der Waals surface area contributed by atoms with Crippen molar-refractivity contribution in [2.24, 2.45) is 0 Å². The zero-order chi connectivity index (χ0) is 29.1. The minimum Gasteiger partial charge on any atom is -0.366 e. The molecule has 1 aliphatic heterocycles. The van der Waals surface area contributed by atoms with Gasteiger partial charge in [0.25, 0.3) is 11.8 Å². The minimum absolute atomic E-state index is 0.136. The Kier molecular flexibility index (Phi) is 10.1. The van der Waals surface area contributed by atoms with Gasteiger partial charge in [0, 0.05) is 36.6 Å². The average Bonchev–Trinajstić information content (AvgIpc) is 3.03. The predicted octanol–water partition coefficient (Wildman–Crippen LogP) is 7.60. The Morgan fingerprint density at radius 3 is 2.26 bits per heavy atom. The van der Waals surface area contributed by atoms with Crippen molar-refractivity contribution in [3.05, 3.63) is 130 Å². The molecule has 0 fully saturated rings. The van der Waals surface area contributed by atoms with E-state index in [0.717, 1.165) is 38.0 Å². The van der Waals surface area contributed by atoms with Crippen LogP contribution in [0.15, 0.2) is 97.1 Å². The Balaban J connectivity index is 1.31. The summed E-state index contributed by atoms with van der Waals surface area (Å²) < 4.78 is 0. The fourth-order valence-corrected chi connectivity index (χ4v) is 5.61. The highest BCUT2D eigenvalue weighted by atomic mass is 16.2. The van der Waals surface area contributed by atoms with E-state index in [1.807, 2.05) is 60.7 Å². The lowest BCUT2D eigenvalue weighted by atomic mass is 9.98. The first-order valence-corrected chi connectivity index (χ1v) is 15.3. The van der Waals surface area contributed by atoms with Gasteiger partial charge in [-0.3, -0.25) is 9.59 Å². The lowest BCUT2D eigenvalue weighted by molar-refractivity contribution is 0.0953. The molecule has 0 saturated heterocycles. The van der Waals surface area contributed by atoms with E-state index in [9.17, 15) is 9.59 Å². The number of nitrogens with one attached hydrogen (secondary N) is 2. The van der Waals surface area contributed by atoms with Crippen LogP contribution in [0.2, 0.25) is 0 Å². The summed E-state index contributed by atoms with van der Waals surface area (Å²) >= 11 is 0. The fourth-order valence-electron chi connectivity index (χ4n) is 5.61. The van der Waals surface area contributed by atoms with E-state index in [1.165, 1.54) is 47.9 Å². The van der Waals surface area contributed by atoms with Gasteiger partial charge in [0.15, 0.2) is 0 Å². The van der Waals surface area contributed by atoms with Gasteiger partial charge in [0.1, 0.15) is 0 Å². The molecule has 0 saturated carbocycles. The van der Waals surface area contributed by atoms with Gasteiger partial charge in [-0.15, -0.1) is 0 Å². The number of amides is 2. The van der Waals surface area contributed by atoms with Crippen molar-refractivity contribution in [2.75, 3.05) is 23.3 Å². The fraction of sp³-hybridized carbons (Fsp3) is 0.297. The molecule has 0 atom stereocenters. The number of unbranched alkanes of at least 4 members (excludes halogenated alkanes) is 3. The van der Waals surface area contributed by atoms with Crippen LogP contribution in [0.3, 0.4) is 0 Å². The van der Waals surface area contributed by atoms with Gasteiger partial charge in [0.05, 0.1) is 5.56 Å². The Morgan fingerprint density at radius 2 is 1.48 bits per heavy atom. The molecule has 0 aliphatic carbocycles. The molecule has 0 spiro atoms. The van der Waals surface area contributed by atoms with E-state index in [1.54, 1.807) is 0 Å². The maximum Gasteiger partial charge on any atom is 0.255 e. The van der Waals surface area contributed by atoms with Crippen LogP contribution in [0.4, 0.5) is 11.4 Å². The number of rotatable bonds is 12. The third-order valence-corrected chi connectivity index (χ3v) is 8.05. The van der Waals surface area contributed by atoms with Crippen LogP contribution >= 0.6 is 0 Å². The number of carbonyl (C=O) groups excluding carboxylic acids is 2. The van der Waals surface area contributed by atoms with Crippen LogP contribution in [-0.4, -0.2) is 24.9 Å². The molecule has 1 aliphatic rings. The van der Waals surface area contributed by atoms with Gasteiger partial charge in [-0.1, -0.05) is 92.9 Å². The van der Waals surface area contributed by atoms with E-state index < -0.39 is 0 Å². The van der Waals surface area contributed by atoms with E-state index in [0.29, 0.717) is 23.4 Å². The summed E-state index contributed by atoms with van der Waals surface area (Å²) in [7, 11) is 0. The quantitative estimate of drug-likeness (QED) is 0.176. The van der Waals surface area contributed by atoms with Crippen LogP contribution in [0.25, 0.3) is 0 Å². The first-order valence-electron chi connectivity index (χ1n) is 15.3. The van der Waals surface area contributed by atoms with Crippen molar-refractivity contribution in [3.63, 3.8) is 0 Å². The summed E-state index contributed by atoms with van der Waals surface area (Å²) in [6, 6.07) is 32.2. The Labute approximate surface area is 250 Å². The smallest absolute Gasteiger partial charge is 0.255 e. The molecule has 2 amide bonds. The molecule has 5 heteroatoms. The predicted molar refractivity (Wildman–Crippen MR) is 172 cm³/mol. The molecular weight excluding hydrogens is 518 g/mol.